The van der Waals surface area contributed by atoms with Gasteiger partial charge in [-0.1, -0.05) is 18.2 Å². The smallest absolute Gasteiger partial charge is 0.123 e. The maximum absolute atomic E-state index is 13.4. The molecule has 2 heterocycles. The van der Waals surface area contributed by atoms with Crippen molar-refractivity contribution >= 4 is 16.6 Å². The van der Waals surface area contributed by atoms with Crippen molar-refractivity contribution in [3.8, 4) is 5.69 Å². The summed E-state index contributed by atoms with van der Waals surface area (Å²) in [7, 11) is 0. The molecular weight excluding hydrogens is 416 g/mol. The monoisotopic (exact) mass is 445 g/mol. The molecule has 1 fully saturated rings. The van der Waals surface area contributed by atoms with Gasteiger partial charge in [-0.15, -0.1) is 0 Å². The number of rotatable bonds is 7. The van der Waals surface area contributed by atoms with E-state index in [0.717, 1.165) is 68.9 Å². The molecular formula is C28H29F2N3. The van der Waals surface area contributed by atoms with E-state index in [2.05, 4.69) is 44.8 Å². The second-order valence-corrected chi connectivity index (χ2v) is 8.78. The summed E-state index contributed by atoms with van der Waals surface area (Å²) in [5, 5.41) is 1.27. The molecule has 0 unspecified atom stereocenters. The van der Waals surface area contributed by atoms with Crippen LogP contribution in [0, 0.1) is 11.6 Å². The Balaban J connectivity index is 1.15. The predicted octanol–water partition coefficient (Wildman–Crippen LogP) is 6.05. The van der Waals surface area contributed by atoms with Gasteiger partial charge >= 0.3 is 0 Å². The molecule has 0 atom stereocenters. The first-order chi connectivity index (χ1) is 16.2. The zero-order valence-corrected chi connectivity index (χ0v) is 18.8. The Bertz CT molecular complexity index is 1190. The average molecular weight is 446 g/mol. The van der Waals surface area contributed by atoms with Crippen molar-refractivity contribution in [3.63, 3.8) is 0 Å². The number of benzene rings is 3. The lowest BCUT2D eigenvalue weighted by Gasteiger charge is -2.36. The average Bonchev–Trinajstić information content (AvgIpc) is 3.22. The first kappa shape index (κ1) is 21.7. The SMILES string of the molecule is Fc1ccc(N2CCN(CCCCc3cn(-c4ccc(F)cc4)c4ccccc34)CC2)cc1. The summed E-state index contributed by atoms with van der Waals surface area (Å²) in [6.45, 7) is 5.16. The number of aryl methyl sites for hydroxylation is 1. The number of aromatic nitrogens is 1. The summed E-state index contributed by atoms with van der Waals surface area (Å²) >= 11 is 0. The van der Waals surface area contributed by atoms with Crippen LogP contribution in [0.15, 0.2) is 79.0 Å². The number of hydrogen-bond donors (Lipinski definition) is 0. The van der Waals surface area contributed by atoms with Crippen molar-refractivity contribution in [1.29, 1.82) is 0 Å². The van der Waals surface area contributed by atoms with E-state index in [-0.39, 0.29) is 11.6 Å². The minimum Gasteiger partial charge on any atom is -0.369 e. The lowest BCUT2D eigenvalue weighted by molar-refractivity contribution is 0.253. The van der Waals surface area contributed by atoms with Gasteiger partial charge in [-0.2, -0.15) is 0 Å². The zero-order chi connectivity index (χ0) is 22.6. The quantitative estimate of drug-likeness (QED) is 0.321. The number of piperazine rings is 1. The molecule has 5 rings (SSSR count). The van der Waals surface area contributed by atoms with Crippen molar-refractivity contribution in [1.82, 2.24) is 9.47 Å². The highest BCUT2D eigenvalue weighted by atomic mass is 19.1. The van der Waals surface area contributed by atoms with E-state index >= 15 is 0 Å². The van der Waals surface area contributed by atoms with Gasteiger partial charge in [0.05, 0.1) is 5.52 Å². The third-order valence-electron chi connectivity index (χ3n) is 6.63. The van der Waals surface area contributed by atoms with Crippen LogP contribution >= 0.6 is 0 Å². The molecule has 0 amide bonds. The normalized spacial score (nSPS) is 14.8. The van der Waals surface area contributed by atoms with E-state index in [9.17, 15) is 8.78 Å². The second-order valence-electron chi connectivity index (χ2n) is 8.78. The topological polar surface area (TPSA) is 11.4 Å². The summed E-state index contributed by atoms with van der Waals surface area (Å²) in [6.07, 6.45) is 5.53. The molecule has 0 radical (unpaired) electrons. The van der Waals surface area contributed by atoms with Crippen molar-refractivity contribution in [2.24, 2.45) is 0 Å². The third kappa shape index (κ3) is 4.93. The number of fused-ring (bicyclic) bond motifs is 1. The van der Waals surface area contributed by atoms with Crippen LogP contribution in [0.3, 0.4) is 0 Å². The third-order valence-corrected chi connectivity index (χ3v) is 6.63. The van der Waals surface area contributed by atoms with Crippen LogP contribution in [0.1, 0.15) is 18.4 Å². The van der Waals surface area contributed by atoms with Crippen LogP contribution in [0.5, 0.6) is 0 Å². The van der Waals surface area contributed by atoms with Crippen molar-refractivity contribution in [2.75, 3.05) is 37.6 Å². The highest BCUT2D eigenvalue weighted by molar-refractivity contribution is 5.85. The van der Waals surface area contributed by atoms with E-state index in [0.29, 0.717) is 0 Å². The Hall–Kier alpha value is -3.18. The van der Waals surface area contributed by atoms with E-state index in [1.54, 1.807) is 0 Å². The van der Waals surface area contributed by atoms with Crippen LogP contribution in [0.2, 0.25) is 0 Å². The van der Waals surface area contributed by atoms with Gasteiger partial charge in [0.15, 0.2) is 0 Å². The number of anilines is 1. The minimum atomic E-state index is -0.214. The fourth-order valence-corrected chi connectivity index (χ4v) is 4.80. The standard InChI is InChI=1S/C28H29F2N3/c29-23-8-12-25(13-9-23)32-19-17-31(18-20-32)16-4-3-5-22-21-33(26-14-10-24(30)11-15-26)28-7-2-1-6-27(22)28/h1-2,6-15,21H,3-5,16-20H2. The molecule has 0 aliphatic carbocycles. The Morgan fingerprint density at radius 2 is 1.30 bits per heavy atom. The highest BCUT2D eigenvalue weighted by Crippen LogP contribution is 2.26. The molecule has 3 nitrogen and oxygen atoms in total. The molecule has 5 heteroatoms. The van der Waals surface area contributed by atoms with Gasteiger partial charge in [0, 0.05) is 49.1 Å². The summed E-state index contributed by atoms with van der Waals surface area (Å²) < 4.78 is 28.7. The van der Waals surface area contributed by atoms with Gasteiger partial charge in [0.2, 0.25) is 0 Å². The number of unbranched alkanes of at least 4 members (excludes halogenated alkanes) is 1. The van der Waals surface area contributed by atoms with Gasteiger partial charge < -0.3 is 9.47 Å². The molecule has 1 aliphatic heterocycles. The number of hydrogen-bond acceptors (Lipinski definition) is 2. The molecule has 0 bridgehead atoms. The van der Waals surface area contributed by atoms with Gasteiger partial charge in [0.25, 0.3) is 0 Å². The maximum atomic E-state index is 13.4. The fourth-order valence-electron chi connectivity index (χ4n) is 4.80. The van der Waals surface area contributed by atoms with Crippen LogP contribution in [-0.4, -0.2) is 42.2 Å². The summed E-state index contributed by atoms with van der Waals surface area (Å²) in [5.41, 5.74) is 4.60. The van der Waals surface area contributed by atoms with Crippen LogP contribution < -0.4 is 4.90 Å². The van der Waals surface area contributed by atoms with Crippen molar-refractivity contribution in [3.05, 3.63) is 96.2 Å². The fraction of sp³-hybridized carbons (Fsp3) is 0.286. The van der Waals surface area contributed by atoms with E-state index in [1.165, 1.54) is 35.2 Å². The predicted molar refractivity (Wildman–Crippen MR) is 131 cm³/mol. The molecule has 0 spiro atoms. The van der Waals surface area contributed by atoms with Crippen LogP contribution in [-0.2, 0) is 6.42 Å². The molecule has 1 saturated heterocycles. The Kier molecular flexibility index (Phi) is 6.40. The maximum Gasteiger partial charge on any atom is 0.123 e. The summed E-state index contributed by atoms with van der Waals surface area (Å²) in [5.74, 6) is -0.396. The minimum absolute atomic E-state index is 0.182. The molecule has 4 aromatic rings. The van der Waals surface area contributed by atoms with Crippen molar-refractivity contribution < 1.29 is 8.78 Å². The van der Waals surface area contributed by atoms with Crippen molar-refractivity contribution in [2.45, 2.75) is 19.3 Å². The Labute approximate surface area is 193 Å². The van der Waals surface area contributed by atoms with E-state index < -0.39 is 0 Å². The molecule has 3 aromatic carbocycles. The number of para-hydroxylation sites is 1. The first-order valence-electron chi connectivity index (χ1n) is 11.8. The Morgan fingerprint density at radius 3 is 2.00 bits per heavy atom. The Morgan fingerprint density at radius 1 is 0.667 bits per heavy atom. The van der Waals surface area contributed by atoms with Crippen LogP contribution in [0.25, 0.3) is 16.6 Å². The molecule has 1 aliphatic rings. The molecule has 0 N–H and O–H groups in total. The molecule has 170 valence electrons. The first-order valence-corrected chi connectivity index (χ1v) is 11.8. The lowest BCUT2D eigenvalue weighted by atomic mass is 10.1. The van der Waals surface area contributed by atoms with E-state index in [4.69, 9.17) is 0 Å². The summed E-state index contributed by atoms with van der Waals surface area (Å²) in [6, 6.07) is 21.9. The van der Waals surface area contributed by atoms with Gasteiger partial charge in [-0.05, 0) is 86.0 Å². The van der Waals surface area contributed by atoms with Gasteiger partial charge in [-0.25, -0.2) is 8.78 Å². The largest absolute Gasteiger partial charge is 0.369 e. The number of nitrogens with zero attached hydrogens (tertiary/aromatic N) is 3. The molecule has 1 aromatic heterocycles. The van der Waals surface area contributed by atoms with E-state index in [1.807, 2.05) is 24.3 Å². The van der Waals surface area contributed by atoms with Gasteiger partial charge in [-0.3, -0.25) is 4.90 Å². The highest BCUT2D eigenvalue weighted by Gasteiger charge is 2.17. The number of halogens is 2. The zero-order valence-electron chi connectivity index (χ0n) is 18.8. The summed E-state index contributed by atoms with van der Waals surface area (Å²) in [4.78, 5) is 4.86. The molecule has 33 heavy (non-hydrogen) atoms. The molecule has 0 saturated carbocycles. The second kappa shape index (κ2) is 9.75. The lowest BCUT2D eigenvalue weighted by Crippen LogP contribution is -2.46. The van der Waals surface area contributed by atoms with Gasteiger partial charge in [0.1, 0.15) is 11.6 Å². The van der Waals surface area contributed by atoms with Crippen LogP contribution in [0.4, 0.5) is 14.5 Å².